The molecule has 0 amide bonds. The highest BCUT2D eigenvalue weighted by Crippen LogP contribution is 2.17. The topological polar surface area (TPSA) is 34.1 Å². The van der Waals surface area contributed by atoms with Crippen LogP contribution in [0.4, 0.5) is 0 Å². The van der Waals surface area contributed by atoms with E-state index in [1.54, 1.807) is 12.0 Å². The third kappa shape index (κ3) is 2.52. The standard InChI is InChI=1S/C9H10O2/c10-7-1-2-8-3-5-9(11)6-4-8/h1,3,5,8H,2,4,6H2. The Morgan fingerprint density at radius 1 is 1.73 bits per heavy atom. The van der Waals surface area contributed by atoms with Crippen LogP contribution >= 0.6 is 0 Å². The fourth-order valence-corrected chi connectivity index (χ4v) is 1.15. The van der Waals surface area contributed by atoms with Gasteiger partial charge < -0.3 is 0 Å². The Morgan fingerprint density at radius 3 is 3.09 bits per heavy atom. The van der Waals surface area contributed by atoms with Gasteiger partial charge in [-0.15, -0.1) is 0 Å². The first-order chi connectivity index (χ1) is 5.33. The third-order valence-electron chi connectivity index (χ3n) is 1.82. The van der Waals surface area contributed by atoms with E-state index in [1.165, 1.54) is 6.08 Å². The molecule has 0 aromatic carbocycles. The average molecular weight is 150 g/mol. The molecule has 0 saturated carbocycles. The molecule has 0 aromatic heterocycles. The molecule has 1 aliphatic rings. The maximum atomic E-state index is 10.7. The van der Waals surface area contributed by atoms with Gasteiger partial charge in [-0.05, 0) is 24.8 Å². The predicted octanol–water partition coefficient (Wildman–Crippen LogP) is 1.30. The van der Waals surface area contributed by atoms with Gasteiger partial charge in [0.1, 0.15) is 5.94 Å². The van der Waals surface area contributed by atoms with E-state index in [0.29, 0.717) is 18.8 Å². The van der Waals surface area contributed by atoms with Crippen molar-refractivity contribution in [3.05, 3.63) is 18.2 Å². The van der Waals surface area contributed by atoms with E-state index in [9.17, 15) is 9.59 Å². The van der Waals surface area contributed by atoms with Crippen LogP contribution in [0, 0.1) is 5.92 Å². The van der Waals surface area contributed by atoms with Gasteiger partial charge in [-0.1, -0.05) is 6.08 Å². The summed E-state index contributed by atoms with van der Waals surface area (Å²) in [4.78, 5) is 20.5. The molecule has 58 valence electrons. The number of allylic oxidation sites excluding steroid dienone is 3. The number of rotatable bonds is 2. The van der Waals surface area contributed by atoms with Gasteiger partial charge in [-0.25, -0.2) is 4.79 Å². The second kappa shape index (κ2) is 3.89. The molecule has 0 saturated heterocycles. The first kappa shape index (κ1) is 7.96. The summed E-state index contributed by atoms with van der Waals surface area (Å²) in [6, 6.07) is 0. The van der Waals surface area contributed by atoms with E-state index in [2.05, 4.69) is 0 Å². The molecule has 0 aliphatic heterocycles. The van der Waals surface area contributed by atoms with E-state index in [4.69, 9.17) is 0 Å². The molecule has 1 aliphatic carbocycles. The molecule has 0 aromatic rings. The van der Waals surface area contributed by atoms with Crippen LogP contribution in [0.3, 0.4) is 0 Å². The monoisotopic (exact) mass is 150 g/mol. The summed E-state index contributed by atoms with van der Waals surface area (Å²) in [5, 5.41) is 0. The molecule has 0 spiro atoms. The molecule has 0 bridgehead atoms. The number of ketones is 1. The first-order valence-corrected chi connectivity index (χ1v) is 3.73. The van der Waals surface area contributed by atoms with Crippen molar-refractivity contribution in [2.75, 3.05) is 0 Å². The van der Waals surface area contributed by atoms with Gasteiger partial charge in [0.25, 0.3) is 0 Å². The molecular formula is C9H10O2. The van der Waals surface area contributed by atoms with Gasteiger partial charge in [0.15, 0.2) is 5.78 Å². The smallest absolute Gasteiger partial charge is 0.155 e. The Morgan fingerprint density at radius 2 is 2.55 bits per heavy atom. The summed E-state index contributed by atoms with van der Waals surface area (Å²) < 4.78 is 0. The summed E-state index contributed by atoms with van der Waals surface area (Å²) in [6.07, 6.45) is 7.16. The van der Waals surface area contributed by atoms with E-state index in [1.807, 2.05) is 6.08 Å². The van der Waals surface area contributed by atoms with Crippen molar-refractivity contribution in [3.8, 4) is 0 Å². The van der Waals surface area contributed by atoms with Crippen molar-refractivity contribution >= 4 is 11.7 Å². The minimum atomic E-state index is 0.191. The van der Waals surface area contributed by atoms with Gasteiger partial charge in [0.05, 0.1) is 0 Å². The minimum absolute atomic E-state index is 0.191. The largest absolute Gasteiger partial charge is 0.295 e. The lowest BCUT2D eigenvalue weighted by atomic mass is 9.93. The molecule has 1 unspecified atom stereocenters. The second-order valence-electron chi connectivity index (χ2n) is 2.68. The van der Waals surface area contributed by atoms with E-state index < -0.39 is 0 Å². The fourth-order valence-electron chi connectivity index (χ4n) is 1.15. The first-order valence-electron chi connectivity index (χ1n) is 3.73. The summed E-state index contributed by atoms with van der Waals surface area (Å²) in [5.74, 6) is 2.29. The van der Waals surface area contributed by atoms with Crippen molar-refractivity contribution in [2.45, 2.75) is 19.3 Å². The Kier molecular flexibility index (Phi) is 2.82. The van der Waals surface area contributed by atoms with E-state index in [-0.39, 0.29) is 5.78 Å². The van der Waals surface area contributed by atoms with E-state index in [0.717, 1.165) is 6.42 Å². The van der Waals surface area contributed by atoms with E-state index >= 15 is 0 Å². The molecule has 2 nitrogen and oxygen atoms in total. The molecular weight excluding hydrogens is 140 g/mol. The fraction of sp³-hybridized carbons (Fsp3) is 0.444. The highest BCUT2D eigenvalue weighted by Gasteiger charge is 2.10. The zero-order valence-corrected chi connectivity index (χ0v) is 6.25. The van der Waals surface area contributed by atoms with Gasteiger partial charge in [0.2, 0.25) is 0 Å². The maximum Gasteiger partial charge on any atom is 0.155 e. The molecule has 0 heterocycles. The van der Waals surface area contributed by atoms with Gasteiger partial charge in [-0.3, -0.25) is 4.79 Å². The minimum Gasteiger partial charge on any atom is -0.295 e. The number of carbonyl (C=O) groups excluding carboxylic acids is 2. The summed E-state index contributed by atoms with van der Waals surface area (Å²) >= 11 is 0. The van der Waals surface area contributed by atoms with Crippen LogP contribution in [0.5, 0.6) is 0 Å². The highest BCUT2D eigenvalue weighted by molar-refractivity contribution is 5.90. The zero-order chi connectivity index (χ0) is 8.10. The Labute approximate surface area is 65.6 Å². The summed E-state index contributed by atoms with van der Waals surface area (Å²) in [6.45, 7) is 0. The lowest BCUT2D eigenvalue weighted by molar-refractivity contribution is -0.115. The van der Waals surface area contributed by atoms with Crippen LogP contribution in [-0.4, -0.2) is 11.7 Å². The highest BCUT2D eigenvalue weighted by atomic mass is 16.1. The normalized spacial score (nSPS) is 22.9. The van der Waals surface area contributed by atoms with Gasteiger partial charge in [0, 0.05) is 12.5 Å². The SMILES string of the molecule is O=C=CCC1C=CC(=O)CC1. The molecule has 0 radical (unpaired) electrons. The van der Waals surface area contributed by atoms with Crippen molar-refractivity contribution in [3.63, 3.8) is 0 Å². The van der Waals surface area contributed by atoms with Crippen molar-refractivity contribution in [1.82, 2.24) is 0 Å². The number of hydrogen-bond acceptors (Lipinski definition) is 2. The van der Waals surface area contributed by atoms with Crippen LogP contribution in [0.15, 0.2) is 18.2 Å². The molecule has 1 rings (SSSR count). The Bertz CT molecular complexity index is 222. The molecule has 0 N–H and O–H groups in total. The van der Waals surface area contributed by atoms with Crippen LogP contribution < -0.4 is 0 Å². The number of hydrogen-bond donors (Lipinski definition) is 0. The predicted molar refractivity (Wildman–Crippen MR) is 41.8 cm³/mol. The lowest BCUT2D eigenvalue weighted by Crippen LogP contribution is -2.06. The van der Waals surface area contributed by atoms with Crippen LogP contribution in [0.2, 0.25) is 0 Å². The van der Waals surface area contributed by atoms with Gasteiger partial charge in [-0.2, -0.15) is 0 Å². The van der Waals surface area contributed by atoms with Gasteiger partial charge >= 0.3 is 0 Å². The Hall–Kier alpha value is -1.14. The van der Waals surface area contributed by atoms with Crippen molar-refractivity contribution < 1.29 is 9.59 Å². The van der Waals surface area contributed by atoms with Crippen LogP contribution in [0.1, 0.15) is 19.3 Å². The van der Waals surface area contributed by atoms with Crippen LogP contribution in [-0.2, 0) is 9.59 Å². The molecule has 0 fully saturated rings. The molecule has 1 atom stereocenters. The molecule has 2 heteroatoms. The summed E-state index contributed by atoms with van der Waals surface area (Å²) in [5.41, 5.74) is 0. The third-order valence-corrected chi connectivity index (χ3v) is 1.82. The Balaban J connectivity index is 2.44. The average Bonchev–Trinajstić information content (AvgIpc) is 2.04. The molecule has 11 heavy (non-hydrogen) atoms. The lowest BCUT2D eigenvalue weighted by Gasteiger charge is -2.11. The van der Waals surface area contributed by atoms with Crippen molar-refractivity contribution in [1.29, 1.82) is 0 Å². The second-order valence-corrected chi connectivity index (χ2v) is 2.68. The summed E-state index contributed by atoms with van der Waals surface area (Å²) in [7, 11) is 0. The number of carbonyl (C=O) groups is 1. The van der Waals surface area contributed by atoms with Crippen LogP contribution in [0.25, 0.3) is 0 Å². The quantitative estimate of drug-likeness (QED) is 0.556. The zero-order valence-electron chi connectivity index (χ0n) is 6.25. The maximum absolute atomic E-state index is 10.7. The van der Waals surface area contributed by atoms with Crippen molar-refractivity contribution in [2.24, 2.45) is 5.92 Å².